The summed E-state index contributed by atoms with van der Waals surface area (Å²) in [4.78, 5) is 41.1. The van der Waals surface area contributed by atoms with Gasteiger partial charge in [-0.3, -0.25) is 4.79 Å². The van der Waals surface area contributed by atoms with E-state index in [9.17, 15) is 14.4 Å². The van der Waals surface area contributed by atoms with Crippen molar-refractivity contribution in [3.8, 4) is 23.0 Å². The Hall–Kier alpha value is -4.89. The summed E-state index contributed by atoms with van der Waals surface area (Å²) in [7, 11) is 2.15. The van der Waals surface area contributed by atoms with Crippen LogP contribution in [-0.2, 0) is 21.4 Å². The average molecular weight is 608 g/mol. The monoisotopic (exact) mass is 607 g/mol. The Balaban J connectivity index is 1.26. The fourth-order valence-electron chi connectivity index (χ4n) is 7.59. The van der Waals surface area contributed by atoms with Crippen LogP contribution in [0.3, 0.4) is 0 Å². The number of allylic oxidation sites excluding steroid dienone is 2. The molecule has 2 heterocycles. The summed E-state index contributed by atoms with van der Waals surface area (Å²) in [5.41, 5.74) is 2.10. The lowest BCUT2D eigenvalue weighted by Gasteiger charge is -2.56. The summed E-state index contributed by atoms with van der Waals surface area (Å²) >= 11 is 0. The van der Waals surface area contributed by atoms with Gasteiger partial charge in [0, 0.05) is 23.9 Å². The summed E-state index contributed by atoms with van der Waals surface area (Å²) in [5.74, 6) is 0.569. The average Bonchev–Trinajstić information content (AvgIpc) is 3.36. The van der Waals surface area contributed by atoms with Gasteiger partial charge in [0.1, 0.15) is 28.4 Å². The van der Waals surface area contributed by atoms with Gasteiger partial charge in [-0.05, 0) is 87.7 Å². The molecule has 9 heteroatoms. The standard InChI is InChI=1S/C36H33NO8/c1-20(2)41-27-11-7-5-9-23(27)34(39)43-29-15-13-22-19-26-25-14-16-30(33-36(25,17-18-37(26)4)31(22)32(29)45-33)44-35(40)24-10-6-8-12-28(24)42-21(3)38/h5-13,15-16,25-26,33H,1,14,17-19H2,2-4H3. The van der Waals surface area contributed by atoms with E-state index >= 15 is 0 Å². The molecule has 1 fully saturated rings. The van der Waals surface area contributed by atoms with Crippen molar-refractivity contribution in [3.05, 3.63) is 107 Å². The third-order valence-corrected chi connectivity index (χ3v) is 9.37. The zero-order chi connectivity index (χ0) is 31.5. The fraction of sp³-hybridized carbons (Fsp3) is 0.306. The zero-order valence-electron chi connectivity index (χ0n) is 25.3. The Morgan fingerprint density at radius 1 is 0.867 bits per heavy atom. The molecule has 2 bridgehead atoms. The molecule has 0 N–H and O–H groups in total. The number of hydrogen-bond donors (Lipinski definition) is 0. The molecule has 0 saturated carbocycles. The van der Waals surface area contributed by atoms with Crippen molar-refractivity contribution in [2.24, 2.45) is 5.92 Å². The Bertz CT molecular complexity index is 1790. The third kappa shape index (κ3) is 4.69. The molecule has 0 aromatic heterocycles. The normalized spacial score (nSPS) is 24.0. The van der Waals surface area contributed by atoms with Gasteiger partial charge >= 0.3 is 17.9 Å². The highest BCUT2D eigenvalue weighted by atomic mass is 16.6. The number of likely N-dealkylation sites (tertiary alicyclic amines) is 1. The predicted molar refractivity (Wildman–Crippen MR) is 163 cm³/mol. The lowest BCUT2D eigenvalue weighted by Crippen LogP contribution is -2.63. The Labute approximate surface area is 261 Å². The van der Waals surface area contributed by atoms with Crippen LogP contribution in [0.15, 0.2) is 84.8 Å². The molecule has 4 atom stereocenters. The molecule has 0 radical (unpaired) electrons. The number of carbonyl (C=O) groups is 3. The van der Waals surface area contributed by atoms with E-state index in [0.717, 1.165) is 30.5 Å². The summed E-state index contributed by atoms with van der Waals surface area (Å²) in [5, 5.41) is 0. The van der Waals surface area contributed by atoms with Crippen LogP contribution >= 0.6 is 0 Å². The first-order valence-corrected chi connectivity index (χ1v) is 15.0. The first-order chi connectivity index (χ1) is 21.7. The minimum atomic E-state index is -0.645. The van der Waals surface area contributed by atoms with Crippen molar-refractivity contribution >= 4 is 17.9 Å². The molecule has 1 spiro atoms. The van der Waals surface area contributed by atoms with Crippen molar-refractivity contribution in [1.29, 1.82) is 0 Å². The lowest BCUT2D eigenvalue weighted by atomic mass is 9.53. The number of para-hydroxylation sites is 2. The van der Waals surface area contributed by atoms with Crippen LogP contribution in [0.5, 0.6) is 23.0 Å². The summed E-state index contributed by atoms with van der Waals surface area (Å²) in [6.07, 6.45) is 3.65. The molecular weight excluding hydrogens is 574 g/mol. The summed E-state index contributed by atoms with van der Waals surface area (Å²) < 4.78 is 29.8. The van der Waals surface area contributed by atoms with Gasteiger partial charge in [-0.1, -0.05) is 36.9 Å². The van der Waals surface area contributed by atoms with E-state index in [1.165, 1.54) is 6.92 Å². The number of esters is 3. The van der Waals surface area contributed by atoms with Gasteiger partial charge in [-0.2, -0.15) is 0 Å². The number of likely N-dealkylation sites (N-methyl/N-ethyl adjacent to an activating group) is 1. The quantitative estimate of drug-likeness (QED) is 0.188. The van der Waals surface area contributed by atoms with Crippen LogP contribution in [0.25, 0.3) is 0 Å². The van der Waals surface area contributed by atoms with Gasteiger partial charge in [0.25, 0.3) is 0 Å². The first-order valence-electron chi connectivity index (χ1n) is 15.0. The highest BCUT2D eigenvalue weighted by molar-refractivity contribution is 5.95. The number of benzene rings is 3. The molecule has 230 valence electrons. The van der Waals surface area contributed by atoms with Gasteiger partial charge < -0.3 is 28.6 Å². The van der Waals surface area contributed by atoms with Crippen molar-refractivity contribution in [3.63, 3.8) is 0 Å². The Morgan fingerprint density at radius 3 is 2.22 bits per heavy atom. The highest BCUT2D eigenvalue weighted by Crippen LogP contribution is 2.64. The van der Waals surface area contributed by atoms with Crippen molar-refractivity contribution in [1.82, 2.24) is 4.90 Å². The molecule has 4 aliphatic rings. The van der Waals surface area contributed by atoms with E-state index in [1.807, 2.05) is 12.1 Å². The maximum absolute atomic E-state index is 13.5. The second-order valence-electron chi connectivity index (χ2n) is 12.1. The molecule has 3 aromatic rings. The van der Waals surface area contributed by atoms with E-state index in [0.29, 0.717) is 35.2 Å². The van der Waals surface area contributed by atoms with Gasteiger partial charge in [-0.25, -0.2) is 9.59 Å². The number of nitrogens with zero attached hydrogens (tertiary/aromatic N) is 1. The van der Waals surface area contributed by atoms with E-state index in [2.05, 4.69) is 18.5 Å². The topological polar surface area (TPSA) is 101 Å². The highest BCUT2D eigenvalue weighted by Gasteiger charge is 2.65. The van der Waals surface area contributed by atoms with Crippen LogP contribution in [0.1, 0.15) is 58.5 Å². The van der Waals surface area contributed by atoms with Crippen molar-refractivity contribution in [2.45, 2.75) is 50.7 Å². The van der Waals surface area contributed by atoms with Crippen molar-refractivity contribution < 1.29 is 38.1 Å². The molecule has 7 rings (SSSR count). The minimum absolute atomic E-state index is 0.127. The molecule has 3 aromatic carbocycles. The predicted octanol–water partition coefficient (Wildman–Crippen LogP) is 5.76. The van der Waals surface area contributed by atoms with Crippen LogP contribution in [-0.4, -0.2) is 48.5 Å². The second kappa shape index (κ2) is 10.9. The minimum Gasteiger partial charge on any atom is -0.477 e. The largest absolute Gasteiger partial charge is 0.477 e. The smallest absolute Gasteiger partial charge is 0.347 e. The maximum Gasteiger partial charge on any atom is 0.347 e. The molecule has 9 nitrogen and oxygen atoms in total. The van der Waals surface area contributed by atoms with Crippen LogP contribution in [0.4, 0.5) is 0 Å². The van der Waals surface area contributed by atoms with E-state index in [4.69, 9.17) is 23.7 Å². The fourth-order valence-corrected chi connectivity index (χ4v) is 7.59. The van der Waals surface area contributed by atoms with Crippen molar-refractivity contribution in [2.75, 3.05) is 13.6 Å². The SMILES string of the molecule is C=C(C)Oc1ccccc1C(=O)Oc1ccc2c3c1OC1C(OC(=O)c4ccccc4OC(C)=O)=CCC4C(C2)N(C)CCC314. The molecule has 2 aliphatic carbocycles. The van der Waals surface area contributed by atoms with Crippen LogP contribution in [0.2, 0.25) is 0 Å². The number of hydrogen-bond acceptors (Lipinski definition) is 9. The van der Waals surface area contributed by atoms with Crippen LogP contribution < -0.4 is 18.9 Å². The lowest BCUT2D eigenvalue weighted by molar-refractivity contribution is -0.131. The molecular formula is C36H33NO8. The molecule has 2 aliphatic heterocycles. The van der Waals surface area contributed by atoms with Gasteiger partial charge in [-0.15, -0.1) is 0 Å². The Kier molecular flexibility index (Phi) is 7.00. The van der Waals surface area contributed by atoms with E-state index in [-0.39, 0.29) is 28.8 Å². The second-order valence-corrected chi connectivity index (χ2v) is 12.1. The number of ether oxygens (including phenoxy) is 5. The molecule has 1 saturated heterocycles. The summed E-state index contributed by atoms with van der Waals surface area (Å²) in [6, 6.07) is 17.4. The molecule has 45 heavy (non-hydrogen) atoms. The van der Waals surface area contributed by atoms with Gasteiger partial charge in [0.2, 0.25) is 0 Å². The van der Waals surface area contributed by atoms with E-state index in [1.54, 1.807) is 61.5 Å². The first kappa shape index (κ1) is 28.9. The van der Waals surface area contributed by atoms with Gasteiger partial charge in [0.15, 0.2) is 17.6 Å². The third-order valence-electron chi connectivity index (χ3n) is 9.37. The molecule has 0 amide bonds. The Morgan fingerprint density at radius 2 is 1.53 bits per heavy atom. The summed E-state index contributed by atoms with van der Waals surface area (Å²) in [6.45, 7) is 7.61. The molecule has 4 unspecified atom stereocenters. The van der Waals surface area contributed by atoms with Crippen LogP contribution in [0, 0.1) is 5.92 Å². The zero-order valence-corrected chi connectivity index (χ0v) is 25.3. The number of rotatable bonds is 7. The number of piperidine rings is 1. The van der Waals surface area contributed by atoms with E-state index < -0.39 is 29.4 Å². The number of carbonyl (C=O) groups excluding carboxylic acids is 3. The maximum atomic E-state index is 13.5. The van der Waals surface area contributed by atoms with Gasteiger partial charge in [0.05, 0.1) is 5.76 Å².